The van der Waals surface area contributed by atoms with Crippen LogP contribution in [-0.4, -0.2) is 37.7 Å². The van der Waals surface area contributed by atoms with Crippen molar-refractivity contribution in [2.24, 2.45) is 17.8 Å². The van der Waals surface area contributed by atoms with Crippen molar-refractivity contribution in [3.63, 3.8) is 0 Å². The van der Waals surface area contributed by atoms with Crippen molar-refractivity contribution >= 4 is 28.9 Å². The number of hydroxylamine groups is 1. The van der Waals surface area contributed by atoms with Crippen molar-refractivity contribution in [3.8, 4) is 11.3 Å². The van der Waals surface area contributed by atoms with Crippen molar-refractivity contribution in [1.82, 2.24) is 35.3 Å². The van der Waals surface area contributed by atoms with Gasteiger partial charge in [-0.2, -0.15) is 0 Å². The predicted molar refractivity (Wildman–Crippen MR) is 147 cm³/mol. The summed E-state index contributed by atoms with van der Waals surface area (Å²) in [5.41, 5.74) is 5.52. The van der Waals surface area contributed by atoms with Gasteiger partial charge in [0, 0.05) is 31.6 Å². The van der Waals surface area contributed by atoms with Gasteiger partial charge in [0.2, 0.25) is 0 Å². The number of hydrogen-bond donors (Lipinski definition) is 2. The normalized spacial score (nSPS) is 25.0. The number of fused-ring (bicyclic) bond motifs is 1. The Bertz CT molecular complexity index is 1330. The Kier molecular flexibility index (Phi) is 7.68. The van der Waals surface area contributed by atoms with E-state index in [-0.39, 0.29) is 6.10 Å². The highest BCUT2D eigenvalue weighted by atomic mass is 35.5. The first-order chi connectivity index (χ1) is 19.0. The van der Waals surface area contributed by atoms with Gasteiger partial charge in [-0.25, -0.2) is 19.7 Å². The third kappa shape index (κ3) is 5.47. The second-order valence-electron chi connectivity index (χ2n) is 11.3. The molecule has 2 atom stereocenters. The summed E-state index contributed by atoms with van der Waals surface area (Å²) < 4.78 is 8.52. The Labute approximate surface area is 233 Å². The molecule has 6 rings (SSSR count). The van der Waals surface area contributed by atoms with Crippen LogP contribution in [0.4, 0.5) is 4.79 Å². The molecule has 0 aromatic carbocycles. The van der Waals surface area contributed by atoms with E-state index < -0.39 is 12.3 Å². The second-order valence-corrected chi connectivity index (χ2v) is 11.8. The summed E-state index contributed by atoms with van der Waals surface area (Å²) in [5, 5.41) is 3.22. The Balaban J connectivity index is 1.53. The van der Waals surface area contributed by atoms with E-state index in [4.69, 9.17) is 36.1 Å². The Morgan fingerprint density at radius 1 is 1.10 bits per heavy atom. The number of pyridine rings is 1. The lowest BCUT2D eigenvalue weighted by Gasteiger charge is -2.31. The van der Waals surface area contributed by atoms with Gasteiger partial charge < -0.3 is 14.1 Å². The number of imidazole rings is 1. The van der Waals surface area contributed by atoms with Crippen LogP contribution in [0.1, 0.15) is 88.6 Å². The van der Waals surface area contributed by atoms with Gasteiger partial charge in [0.1, 0.15) is 23.1 Å². The average molecular weight is 554 g/mol. The number of aromatic nitrogens is 5. The number of halogens is 1. The van der Waals surface area contributed by atoms with Gasteiger partial charge in [-0.1, -0.05) is 50.6 Å². The standard InChI is InChI=1S/C28H36ClN7O3/c1-16-8-10-17(11-9-16)15-36-22-21(19-12-20(29)14-30-13-19)31-25(26-34-28(37)39-35-26)32-24(22)33-27(36)23(38-2)18-6-4-3-5-7-18/h12-14,16-18,23,26,35H,3-11,15H2,1-2H3,(H,34,37). The summed E-state index contributed by atoms with van der Waals surface area (Å²) in [7, 11) is 1.79. The topological polar surface area (TPSA) is 116 Å². The van der Waals surface area contributed by atoms with Gasteiger partial charge in [-0.15, -0.1) is 5.48 Å². The van der Waals surface area contributed by atoms with Crippen molar-refractivity contribution in [3.05, 3.63) is 35.1 Å². The first-order valence-corrected chi connectivity index (χ1v) is 14.5. The molecule has 3 aromatic heterocycles. The van der Waals surface area contributed by atoms with Crippen molar-refractivity contribution in [2.75, 3.05) is 7.11 Å². The molecule has 10 nitrogen and oxygen atoms in total. The van der Waals surface area contributed by atoms with Crippen LogP contribution in [0.15, 0.2) is 18.5 Å². The van der Waals surface area contributed by atoms with Crippen LogP contribution in [0.25, 0.3) is 22.4 Å². The van der Waals surface area contributed by atoms with E-state index >= 15 is 0 Å². The molecule has 11 heteroatoms. The van der Waals surface area contributed by atoms with Crippen LogP contribution in [-0.2, 0) is 16.1 Å². The van der Waals surface area contributed by atoms with Crippen molar-refractivity contribution in [1.29, 1.82) is 0 Å². The third-order valence-corrected chi connectivity index (χ3v) is 8.79. The summed E-state index contributed by atoms with van der Waals surface area (Å²) in [4.78, 5) is 36.0. The van der Waals surface area contributed by atoms with Gasteiger partial charge in [-0.3, -0.25) is 10.3 Å². The molecule has 2 unspecified atom stereocenters. The molecule has 1 aliphatic heterocycles. The molecule has 3 aliphatic rings. The summed E-state index contributed by atoms with van der Waals surface area (Å²) in [6.07, 6.45) is 12.7. The molecule has 208 valence electrons. The number of nitrogens with one attached hydrogen (secondary N) is 2. The highest BCUT2D eigenvalue weighted by Crippen LogP contribution is 2.40. The van der Waals surface area contributed by atoms with E-state index in [1.807, 2.05) is 6.07 Å². The third-order valence-electron chi connectivity index (χ3n) is 8.58. The maximum atomic E-state index is 11.8. The molecular weight excluding hydrogens is 518 g/mol. The van der Waals surface area contributed by atoms with Gasteiger partial charge in [0.05, 0.1) is 5.02 Å². The minimum absolute atomic E-state index is 0.136. The van der Waals surface area contributed by atoms with Crippen LogP contribution in [0.3, 0.4) is 0 Å². The zero-order chi connectivity index (χ0) is 26.9. The number of nitrogens with zero attached hydrogens (tertiary/aromatic N) is 5. The minimum Gasteiger partial charge on any atom is -0.373 e. The molecule has 0 bridgehead atoms. The fraction of sp³-hybridized carbons (Fsp3) is 0.607. The second kappa shape index (κ2) is 11.3. The molecule has 2 N–H and O–H groups in total. The summed E-state index contributed by atoms with van der Waals surface area (Å²) in [6.45, 7) is 3.17. The molecule has 2 saturated carbocycles. The largest absolute Gasteiger partial charge is 0.427 e. The highest BCUT2D eigenvalue weighted by Gasteiger charge is 2.34. The van der Waals surface area contributed by atoms with E-state index in [2.05, 4.69) is 27.3 Å². The monoisotopic (exact) mass is 553 g/mol. The quantitative estimate of drug-likeness (QED) is 0.372. The summed E-state index contributed by atoms with van der Waals surface area (Å²) >= 11 is 6.38. The number of ether oxygens (including phenoxy) is 1. The number of hydrogen-bond acceptors (Lipinski definition) is 8. The number of rotatable bonds is 7. The molecule has 2 aliphatic carbocycles. The lowest BCUT2D eigenvalue weighted by molar-refractivity contribution is 0.0259. The molecule has 0 spiro atoms. The van der Waals surface area contributed by atoms with Gasteiger partial charge >= 0.3 is 6.09 Å². The zero-order valence-electron chi connectivity index (χ0n) is 22.5. The van der Waals surface area contributed by atoms with E-state index in [9.17, 15) is 4.79 Å². The molecule has 3 aromatic rings. The molecule has 4 heterocycles. The number of methoxy groups -OCH3 is 1. The van der Waals surface area contributed by atoms with Gasteiger partial charge in [0.25, 0.3) is 0 Å². The van der Waals surface area contributed by atoms with Crippen LogP contribution < -0.4 is 10.8 Å². The van der Waals surface area contributed by atoms with E-state index in [1.54, 1.807) is 19.5 Å². The van der Waals surface area contributed by atoms with Crippen LogP contribution in [0.2, 0.25) is 5.02 Å². The van der Waals surface area contributed by atoms with Crippen molar-refractivity contribution in [2.45, 2.75) is 83.5 Å². The van der Waals surface area contributed by atoms with E-state index in [1.165, 1.54) is 44.9 Å². The SMILES string of the molecule is COC(c1nc2nc(C3NOC(=O)N3)nc(-c3cncc(Cl)c3)c2n1CC1CCC(C)CC1)C1CCCCC1. The first-order valence-electron chi connectivity index (χ1n) is 14.1. The van der Waals surface area contributed by atoms with Gasteiger partial charge in [0.15, 0.2) is 17.6 Å². The first kappa shape index (κ1) is 26.4. The highest BCUT2D eigenvalue weighted by molar-refractivity contribution is 6.30. The lowest BCUT2D eigenvalue weighted by atomic mass is 9.82. The summed E-state index contributed by atoms with van der Waals surface area (Å²) in [6, 6.07) is 1.85. The van der Waals surface area contributed by atoms with Crippen molar-refractivity contribution < 1.29 is 14.4 Å². The molecule has 39 heavy (non-hydrogen) atoms. The Hall–Kier alpha value is -2.82. The number of carbonyl (C=O) groups excluding carboxylic acids is 1. The maximum absolute atomic E-state index is 11.8. The zero-order valence-corrected chi connectivity index (χ0v) is 23.3. The van der Waals surface area contributed by atoms with E-state index in [0.29, 0.717) is 34.0 Å². The minimum atomic E-state index is -0.696. The molecule has 1 amide bonds. The number of carbonyl (C=O) groups is 1. The smallest absolute Gasteiger partial charge is 0.373 e. The van der Waals surface area contributed by atoms with Crippen LogP contribution in [0.5, 0.6) is 0 Å². The molecule has 3 fully saturated rings. The number of amides is 1. The predicted octanol–water partition coefficient (Wildman–Crippen LogP) is 5.88. The van der Waals surface area contributed by atoms with E-state index in [0.717, 1.165) is 42.2 Å². The molecule has 0 radical (unpaired) electrons. The fourth-order valence-electron chi connectivity index (χ4n) is 6.47. The molecular formula is C28H36ClN7O3. The molecule has 1 saturated heterocycles. The Morgan fingerprint density at radius 3 is 2.59 bits per heavy atom. The van der Waals surface area contributed by atoms with Crippen LogP contribution in [0, 0.1) is 17.8 Å². The van der Waals surface area contributed by atoms with Gasteiger partial charge in [-0.05, 0) is 49.5 Å². The average Bonchev–Trinajstić information content (AvgIpc) is 3.54. The summed E-state index contributed by atoms with van der Waals surface area (Å²) in [5.74, 6) is 2.97. The Morgan fingerprint density at radius 2 is 1.90 bits per heavy atom. The lowest BCUT2D eigenvalue weighted by Crippen LogP contribution is -2.25. The van der Waals surface area contributed by atoms with Crippen LogP contribution >= 0.6 is 11.6 Å². The maximum Gasteiger partial charge on any atom is 0.427 e. The fourth-order valence-corrected chi connectivity index (χ4v) is 6.64.